The molecule has 0 bridgehead atoms. The highest BCUT2D eigenvalue weighted by molar-refractivity contribution is 9.13. The molecule has 9 heteroatoms. The first kappa shape index (κ1) is 17.4. The quantitative estimate of drug-likeness (QED) is 0.577. The highest BCUT2D eigenvalue weighted by Crippen LogP contribution is 2.41. The lowest BCUT2D eigenvalue weighted by Gasteiger charge is -2.09. The van der Waals surface area contributed by atoms with Crippen molar-refractivity contribution in [1.29, 1.82) is 0 Å². The van der Waals surface area contributed by atoms with E-state index in [9.17, 15) is 14.7 Å². The van der Waals surface area contributed by atoms with Crippen LogP contribution in [0, 0.1) is 0 Å². The molecule has 0 unspecified atom stereocenters. The summed E-state index contributed by atoms with van der Waals surface area (Å²) in [4.78, 5) is 27.2. The summed E-state index contributed by atoms with van der Waals surface area (Å²) < 4.78 is 6.69. The SMILES string of the molecule is COc1cc(/C=N/n2c(=O)[nH]c3ccccc3c2=O)c(Br)c(Br)c1O. The number of aromatic nitrogens is 2. The molecule has 0 spiro atoms. The molecule has 0 radical (unpaired) electrons. The molecule has 3 aromatic rings. The van der Waals surface area contributed by atoms with Crippen molar-refractivity contribution in [2.24, 2.45) is 5.10 Å². The smallest absolute Gasteiger partial charge is 0.349 e. The normalized spacial score (nSPS) is 11.3. The fourth-order valence-electron chi connectivity index (χ4n) is 2.24. The van der Waals surface area contributed by atoms with E-state index in [0.717, 1.165) is 4.68 Å². The molecular weight excluding hydrogens is 458 g/mol. The Morgan fingerprint density at radius 1 is 1.24 bits per heavy atom. The fraction of sp³-hybridized carbons (Fsp3) is 0.0625. The molecule has 3 rings (SSSR count). The largest absolute Gasteiger partial charge is 0.503 e. The number of H-pyrrole nitrogens is 1. The molecule has 0 aliphatic heterocycles. The molecular formula is C16H11Br2N3O4. The van der Waals surface area contributed by atoms with Gasteiger partial charge in [0.05, 0.1) is 28.7 Å². The first-order valence-corrected chi connectivity index (χ1v) is 8.56. The van der Waals surface area contributed by atoms with Crippen molar-refractivity contribution in [3.63, 3.8) is 0 Å². The van der Waals surface area contributed by atoms with Crippen molar-refractivity contribution < 1.29 is 9.84 Å². The van der Waals surface area contributed by atoms with Gasteiger partial charge < -0.3 is 14.8 Å². The topological polar surface area (TPSA) is 96.7 Å². The monoisotopic (exact) mass is 467 g/mol. The minimum absolute atomic E-state index is 0.0766. The summed E-state index contributed by atoms with van der Waals surface area (Å²) in [7, 11) is 1.41. The van der Waals surface area contributed by atoms with Gasteiger partial charge in [-0.15, -0.1) is 4.68 Å². The number of aromatic amines is 1. The number of aromatic hydroxyl groups is 1. The van der Waals surface area contributed by atoms with E-state index >= 15 is 0 Å². The zero-order valence-corrected chi connectivity index (χ0v) is 16.0. The molecule has 2 N–H and O–H groups in total. The number of benzene rings is 2. The fourth-order valence-corrected chi connectivity index (χ4v) is 3.07. The maximum Gasteiger partial charge on any atom is 0.349 e. The number of fused-ring (bicyclic) bond motifs is 1. The lowest BCUT2D eigenvalue weighted by molar-refractivity contribution is 0.371. The molecule has 1 heterocycles. The summed E-state index contributed by atoms with van der Waals surface area (Å²) in [6.07, 6.45) is 1.32. The number of ether oxygens (including phenoxy) is 1. The van der Waals surface area contributed by atoms with Crippen molar-refractivity contribution in [3.8, 4) is 11.5 Å². The van der Waals surface area contributed by atoms with Gasteiger partial charge >= 0.3 is 5.69 Å². The number of halogens is 2. The van der Waals surface area contributed by atoms with Gasteiger partial charge in [-0.1, -0.05) is 12.1 Å². The first-order valence-electron chi connectivity index (χ1n) is 6.97. The van der Waals surface area contributed by atoms with Gasteiger partial charge in [0, 0.05) is 10.0 Å². The molecule has 1 aromatic heterocycles. The predicted molar refractivity (Wildman–Crippen MR) is 102 cm³/mol. The highest BCUT2D eigenvalue weighted by Gasteiger charge is 2.14. The van der Waals surface area contributed by atoms with Gasteiger partial charge in [-0.25, -0.2) is 4.79 Å². The lowest BCUT2D eigenvalue weighted by atomic mass is 10.2. The molecule has 0 aliphatic rings. The van der Waals surface area contributed by atoms with Gasteiger partial charge in [-0.3, -0.25) is 4.79 Å². The molecule has 0 saturated carbocycles. The molecule has 0 atom stereocenters. The average Bonchev–Trinajstić information content (AvgIpc) is 2.61. The van der Waals surface area contributed by atoms with Crippen molar-refractivity contribution >= 4 is 49.0 Å². The van der Waals surface area contributed by atoms with E-state index in [1.165, 1.54) is 19.4 Å². The van der Waals surface area contributed by atoms with Crippen LogP contribution in [0.15, 0.2) is 54.0 Å². The Morgan fingerprint density at radius 2 is 1.96 bits per heavy atom. The Bertz CT molecular complexity index is 1120. The van der Waals surface area contributed by atoms with E-state index in [1.807, 2.05) is 0 Å². The molecule has 0 fully saturated rings. The molecule has 7 nitrogen and oxygen atoms in total. The van der Waals surface area contributed by atoms with Crippen molar-refractivity contribution in [2.45, 2.75) is 0 Å². The molecule has 128 valence electrons. The number of hydrogen-bond acceptors (Lipinski definition) is 5. The van der Waals surface area contributed by atoms with Crippen LogP contribution in [0.5, 0.6) is 11.5 Å². The number of nitrogens with one attached hydrogen (secondary N) is 1. The number of nitrogens with zero attached hydrogens (tertiary/aromatic N) is 2. The van der Waals surface area contributed by atoms with Gasteiger partial charge in [0.25, 0.3) is 5.56 Å². The van der Waals surface area contributed by atoms with Crippen LogP contribution in [0.25, 0.3) is 10.9 Å². The van der Waals surface area contributed by atoms with Gasteiger partial charge in [0.2, 0.25) is 0 Å². The lowest BCUT2D eigenvalue weighted by Crippen LogP contribution is -2.32. The Labute approximate surface area is 157 Å². The number of hydrogen-bond donors (Lipinski definition) is 2. The second-order valence-electron chi connectivity index (χ2n) is 4.98. The zero-order valence-electron chi connectivity index (χ0n) is 12.8. The third-order valence-corrected chi connectivity index (χ3v) is 5.65. The zero-order chi connectivity index (χ0) is 18.1. The minimum Gasteiger partial charge on any atom is -0.503 e. The second kappa shape index (κ2) is 6.85. The molecule has 0 saturated heterocycles. The van der Waals surface area contributed by atoms with Crippen LogP contribution >= 0.6 is 31.9 Å². The van der Waals surface area contributed by atoms with Gasteiger partial charge in [-0.05, 0) is 50.1 Å². The van der Waals surface area contributed by atoms with Crippen molar-refractivity contribution in [1.82, 2.24) is 9.66 Å². The molecule has 2 aromatic carbocycles. The molecule has 0 amide bonds. The van der Waals surface area contributed by atoms with E-state index < -0.39 is 11.2 Å². The number of para-hydroxylation sites is 1. The van der Waals surface area contributed by atoms with Crippen LogP contribution in [0.3, 0.4) is 0 Å². The van der Waals surface area contributed by atoms with Gasteiger partial charge in [-0.2, -0.15) is 5.10 Å². The van der Waals surface area contributed by atoms with Crippen LogP contribution in [0.2, 0.25) is 0 Å². The van der Waals surface area contributed by atoms with Crippen molar-refractivity contribution in [3.05, 3.63) is 65.7 Å². The number of methoxy groups -OCH3 is 1. The summed E-state index contributed by atoms with van der Waals surface area (Å²) in [6, 6.07) is 8.20. The minimum atomic E-state index is -0.652. The molecule has 25 heavy (non-hydrogen) atoms. The van der Waals surface area contributed by atoms with E-state index in [1.54, 1.807) is 24.3 Å². The highest BCUT2D eigenvalue weighted by atomic mass is 79.9. The summed E-state index contributed by atoms with van der Waals surface area (Å²) in [5.74, 6) is 0.142. The van der Waals surface area contributed by atoms with E-state index in [0.29, 0.717) is 25.4 Å². The number of phenolic OH excluding ortho intramolecular Hbond substituents is 1. The van der Waals surface area contributed by atoms with Gasteiger partial charge in [0.15, 0.2) is 11.5 Å². The van der Waals surface area contributed by atoms with Crippen LogP contribution in [0.4, 0.5) is 0 Å². The number of phenols is 1. The maximum atomic E-state index is 12.4. The van der Waals surface area contributed by atoms with Crippen molar-refractivity contribution in [2.75, 3.05) is 7.11 Å². The van der Waals surface area contributed by atoms with Crippen LogP contribution in [-0.4, -0.2) is 28.1 Å². The van der Waals surface area contributed by atoms with Crippen LogP contribution in [-0.2, 0) is 0 Å². The first-order chi connectivity index (χ1) is 11.9. The molecule has 0 aliphatic carbocycles. The third-order valence-electron chi connectivity index (χ3n) is 3.49. The Hall–Kier alpha value is -2.39. The summed E-state index contributed by atoms with van der Waals surface area (Å²) in [6.45, 7) is 0. The van der Waals surface area contributed by atoms with Crippen LogP contribution < -0.4 is 16.0 Å². The Morgan fingerprint density at radius 3 is 2.68 bits per heavy atom. The average molecular weight is 469 g/mol. The van der Waals surface area contributed by atoms with E-state index in [4.69, 9.17) is 4.74 Å². The van der Waals surface area contributed by atoms with E-state index in [2.05, 4.69) is 41.9 Å². The predicted octanol–water partition coefficient (Wildman–Crippen LogP) is 2.81. The number of rotatable bonds is 3. The van der Waals surface area contributed by atoms with E-state index in [-0.39, 0.29) is 11.5 Å². The summed E-state index contributed by atoms with van der Waals surface area (Å²) in [5, 5.41) is 14.3. The Kier molecular flexibility index (Phi) is 4.78. The summed E-state index contributed by atoms with van der Waals surface area (Å²) in [5.41, 5.74) is -0.238. The van der Waals surface area contributed by atoms with Gasteiger partial charge in [0.1, 0.15) is 0 Å². The van der Waals surface area contributed by atoms with Crippen LogP contribution in [0.1, 0.15) is 5.56 Å². The summed E-state index contributed by atoms with van der Waals surface area (Å²) >= 11 is 6.55. The second-order valence-corrected chi connectivity index (χ2v) is 6.57. The maximum absolute atomic E-state index is 12.4. The third kappa shape index (κ3) is 3.12. The standard InChI is InChI=1S/C16H11Br2N3O4/c1-25-11-6-8(12(17)13(18)14(11)22)7-19-21-15(23)9-4-2-3-5-10(9)20-16(21)24/h2-7,22H,1H3,(H,20,24)/b19-7+. The Balaban J connectivity index is 2.16.